The third-order valence-electron chi connectivity index (χ3n) is 4.20. The second-order valence-corrected chi connectivity index (χ2v) is 6.66. The lowest BCUT2D eigenvalue weighted by Gasteiger charge is -2.30. The number of nitrogens with zero attached hydrogens (tertiary/aromatic N) is 2. The fourth-order valence-electron chi connectivity index (χ4n) is 3.04. The Morgan fingerprint density at radius 1 is 1.37 bits per heavy atom. The molecule has 3 N–H and O–H groups in total. The van der Waals surface area contributed by atoms with Gasteiger partial charge >= 0.3 is 0 Å². The summed E-state index contributed by atoms with van der Waals surface area (Å²) in [5, 5.41) is 13.4. The number of carbonyl (C=O) groups excluding carboxylic acids is 2. The minimum absolute atomic E-state index is 0.0284. The lowest BCUT2D eigenvalue weighted by Crippen LogP contribution is -2.52. The number of rotatable bonds is 6. The fourth-order valence-corrected chi connectivity index (χ4v) is 3.04. The van der Waals surface area contributed by atoms with Gasteiger partial charge in [0.15, 0.2) is 6.29 Å². The van der Waals surface area contributed by atoms with Gasteiger partial charge in [0, 0.05) is 18.5 Å². The molecule has 27 heavy (non-hydrogen) atoms. The van der Waals surface area contributed by atoms with E-state index in [1.54, 1.807) is 10.7 Å². The molecule has 2 heterocycles. The Bertz CT molecular complexity index is 815. The number of carbonyl (C=O) groups is 2. The van der Waals surface area contributed by atoms with Gasteiger partial charge in [0.05, 0.1) is 18.7 Å². The molecule has 0 aliphatic carbocycles. The Morgan fingerprint density at radius 2 is 2.11 bits per heavy atom. The van der Waals surface area contributed by atoms with Gasteiger partial charge in [0.2, 0.25) is 11.8 Å². The number of ether oxygens (including phenoxy) is 1. The summed E-state index contributed by atoms with van der Waals surface area (Å²) in [5.74, 6) is 1.11. The summed E-state index contributed by atoms with van der Waals surface area (Å²) in [6, 6.07) is 9.26. The van der Waals surface area contributed by atoms with Crippen LogP contribution in [0.15, 0.2) is 30.3 Å². The lowest BCUT2D eigenvalue weighted by molar-refractivity contribution is -0.125. The van der Waals surface area contributed by atoms with Gasteiger partial charge in [-0.2, -0.15) is 5.10 Å². The van der Waals surface area contributed by atoms with Crippen LogP contribution in [-0.4, -0.2) is 34.2 Å². The molecular weight excluding hydrogens is 346 g/mol. The summed E-state index contributed by atoms with van der Waals surface area (Å²) in [7, 11) is 0. The first-order chi connectivity index (χ1) is 12.9. The van der Waals surface area contributed by atoms with Crippen LogP contribution >= 0.6 is 0 Å². The Kier molecular flexibility index (Phi) is 5.75. The molecule has 2 atom stereocenters. The van der Waals surface area contributed by atoms with E-state index in [1.165, 1.54) is 0 Å². The summed E-state index contributed by atoms with van der Waals surface area (Å²) < 4.78 is 7.01. The van der Waals surface area contributed by atoms with Gasteiger partial charge in [0.25, 0.3) is 0 Å². The third-order valence-corrected chi connectivity index (χ3v) is 4.20. The van der Waals surface area contributed by atoms with Gasteiger partial charge in [-0.15, -0.1) is 0 Å². The zero-order valence-corrected chi connectivity index (χ0v) is 15.8. The molecule has 1 saturated heterocycles. The van der Waals surface area contributed by atoms with Crippen LogP contribution in [0, 0.1) is 6.92 Å². The molecule has 1 aromatic carbocycles. The molecule has 144 valence electrons. The maximum absolute atomic E-state index is 12.5. The Morgan fingerprint density at radius 3 is 2.78 bits per heavy atom. The van der Waals surface area contributed by atoms with Crippen LogP contribution in [0.4, 0.5) is 5.82 Å². The van der Waals surface area contributed by atoms with E-state index in [0.717, 1.165) is 17.0 Å². The number of nitrogens with one attached hydrogen (secondary N) is 3. The number of aryl methyl sites for hydroxylation is 1. The van der Waals surface area contributed by atoms with E-state index in [9.17, 15) is 9.59 Å². The number of benzene rings is 1. The van der Waals surface area contributed by atoms with Gasteiger partial charge in [-0.3, -0.25) is 14.9 Å². The molecule has 0 bridgehead atoms. The highest BCUT2D eigenvalue weighted by Crippen LogP contribution is 2.18. The van der Waals surface area contributed by atoms with Crippen molar-refractivity contribution in [2.75, 3.05) is 11.9 Å². The van der Waals surface area contributed by atoms with Gasteiger partial charge in [0.1, 0.15) is 11.6 Å². The first-order valence-corrected chi connectivity index (χ1v) is 9.07. The van der Waals surface area contributed by atoms with Gasteiger partial charge < -0.3 is 15.4 Å². The van der Waals surface area contributed by atoms with E-state index in [-0.39, 0.29) is 24.3 Å². The summed E-state index contributed by atoms with van der Waals surface area (Å²) in [4.78, 5) is 24.3. The van der Waals surface area contributed by atoms with Crippen LogP contribution in [-0.2, 0) is 16.0 Å². The minimum atomic E-state index is -0.490. The first-order valence-electron chi connectivity index (χ1n) is 9.07. The van der Waals surface area contributed by atoms with Crippen LogP contribution in [0.1, 0.15) is 37.8 Å². The summed E-state index contributed by atoms with van der Waals surface area (Å²) in [6.07, 6.45) is 0.156. The first kappa shape index (κ1) is 18.9. The molecule has 0 spiro atoms. The monoisotopic (exact) mass is 371 g/mol. The molecule has 1 fully saturated rings. The van der Waals surface area contributed by atoms with Crippen molar-refractivity contribution in [3.05, 3.63) is 41.6 Å². The smallest absolute Gasteiger partial charge is 0.229 e. The van der Waals surface area contributed by atoms with Crippen LogP contribution < -0.4 is 20.7 Å². The second kappa shape index (κ2) is 8.22. The fraction of sp³-hybridized carbons (Fsp3) is 0.421. The van der Waals surface area contributed by atoms with Crippen LogP contribution in [0.5, 0.6) is 5.75 Å². The van der Waals surface area contributed by atoms with E-state index >= 15 is 0 Å². The Hall–Kier alpha value is -2.87. The number of amides is 2. The molecule has 2 aromatic rings. The standard InChI is InChI=1S/C19H25N5O3/c1-4-27-15-7-5-14(6-8-15)11-18(26)21-16-9-13(3)23-24(16)19-20-12(2)10-17(25)22-19/h5-9,12,19-20H,4,10-11H2,1-3H3,(H,21,26)(H,22,25). The highest BCUT2D eigenvalue weighted by molar-refractivity contribution is 5.91. The SMILES string of the molecule is CCOc1ccc(CC(=O)Nc2cc(C)nn2C2NC(=O)CC(C)N2)cc1. The Balaban J connectivity index is 1.68. The molecule has 2 unspecified atom stereocenters. The van der Waals surface area contributed by atoms with Crippen molar-refractivity contribution in [1.82, 2.24) is 20.4 Å². The maximum atomic E-state index is 12.5. The van der Waals surface area contributed by atoms with Crippen LogP contribution in [0.2, 0.25) is 0 Å². The molecule has 1 aromatic heterocycles. The van der Waals surface area contributed by atoms with E-state index < -0.39 is 6.29 Å². The molecule has 3 rings (SSSR count). The van der Waals surface area contributed by atoms with Crippen molar-refractivity contribution in [1.29, 1.82) is 0 Å². The highest BCUT2D eigenvalue weighted by Gasteiger charge is 2.26. The van der Waals surface area contributed by atoms with Gasteiger partial charge in [-0.1, -0.05) is 12.1 Å². The number of anilines is 1. The quantitative estimate of drug-likeness (QED) is 0.718. The molecule has 2 amide bonds. The van der Waals surface area contributed by atoms with Crippen molar-refractivity contribution < 1.29 is 14.3 Å². The van der Waals surface area contributed by atoms with Crippen molar-refractivity contribution in [3.63, 3.8) is 0 Å². The van der Waals surface area contributed by atoms with Crippen LogP contribution in [0.3, 0.4) is 0 Å². The van der Waals surface area contributed by atoms with Crippen molar-refractivity contribution in [3.8, 4) is 5.75 Å². The average molecular weight is 371 g/mol. The molecule has 8 nitrogen and oxygen atoms in total. The van der Waals surface area contributed by atoms with E-state index in [2.05, 4.69) is 21.0 Å². The van der Waals surface area contributed by atoms with E-state index in [1.807, 2.05) is 45.0 Å². The van der Waals surface area contributed by atoms with Crippen molar-refractivity contribution in [2.24, 2.45) is 0 Å². The van der Waals surface area contributed by atoms with Crippen molar-refractivity contribution >= 4 is 17.6 Å². The molecule has 1 aliphatic heterocycles. The minimum Gasteiger partial charge on any atom is -0.494 e. The van der Waals surface area contributed by atoms with Crippen LogP contribution in [0.25, 0.3) is 0 Å². The molecule has 8 heteroatoms. The highest BCUT2D eigenvalue weighted by atomic mass is 16.5. The Labute approximate surface area is 158 Å². The topological polar surface area (TPSA) is 97.3 Å². The zero-order valence-electron chi connectivity index (χ0n) is 15.8. The normalized spacial score (nSPS) is 19.4. The third kappa shape index (κ3) is 4.85. The molecular formula is C19H25N5O3. The molecule has 0 saturated carbocycles. The molecule has 0 radical (unpaired) electrons. The van der Waals surface area contributed by atoms with E-state index in [4.69, 9.17) is 4.74 Å². The predicted molar refractivity (Wildman–Crippen MR) is 101 cm³/mol. The number of hydrogen-bond acceptors (Lipinski definition) is 5. The zero-order chi connectivity index (χ0) is 19.4. The summed E-state index contributed by atoms with van der Waals surface area (Å²) in [6.45, 7) is 6.31. The average Bonchev–Trinajstić information content (AvgIpc) is 2.96. The summed E-state index contributed by atoms with van der Waals surface area (Å²) in [5.41, 5.74) is 1.64. The second-order valence-electron chi connectivity index (χ2n) is 6.66. The maximum Gasteiger partial charge on any atom is 0.229 e. The van der Waals surface area contributed by atoms with E-state index in [0.29, 0.717) is 18.8 Å². The number of aromatic nitrogens is 2. The van der Waals surface area contributed by atoms with Gasteiger partial charge in [-0.25, -0.2) is 4.68 Å². The van der Waals surface area contributed by atoms with Gasteiger partial charge in [-0.05, 0) is 38.5 Å². The predicted octanol–water partition coefficient (Wildman–Crippen LogP) is 1.73. The summed E-state index contributed by atoms with van der Waals surface area (Å²) >= 11 is 0. The molecule has 1 aliphatic rings. The number of hydrogen-bond donors (Lipinski definition) is 3. The lowest BCUT2D eigenvalue weighted by atomic mass is 10.1. The largest absolute Gasteiger partial charge is 0.494 e. The van der Waals surface area contributed by atoms with Crippen molar-refractivity contribution in [2.45, 2.75) is 45.9 Å².